The fourth-order valence-electron chi connectivity index (χ4n) is 2.72. The van der Waals surface area contributed by atoms with Crippen LogP contribution < -0.4 is 15.2 Å². The van der Waals surface area contributed by atoms with Gasteiger partial charge in [-0.1, -0.05) is 12.8 Å². The van der Waals surface area contributed by atoms with Crippen molar-refractivity contribution in [3.63, 3.8) is 0 Å². The van der Waals surface area contributed by atoms with Gasteiger partial charge in [-0.3, -0.25) is 16.0 Å². The molecule has 2 N–H and O–H groups in total. The molecule has 1 aromatic rings. The molecule has 0 unspecified atom stereocenters. The highest BCUT2D eigenvalue weighted by atomic mass is 16.6. The van der Waals surface area contributed by atoms with Gasteiger partial charge in [0.15, 0.2) is 5.75 Å². The van der Waals surface area contributed by atoms with Crippen LogP contribution >= 0.6 is 0 Å². The minimum atomic E-state index is -0.806. The molecule has 7 heteroatoms. The minimum absolute atomic E-state index is 0.0826. The molecule has 1 aliphatic rings. The van der Waals surface area contributed by atoms with E-state index in [-0.39, 0.29) is 27.9 Å². The van der Waals surface area contributed by atoms with E-state index in [2.05, 4.69) is 0 Å². The maximum Gasteiger partial charge on any atom is 0.326 e. The number of methoxy groups -OCH3 is 1. The first-order valence-electron chi connectivity index (χ1n) is 6.55. The first-order valence-corrected chi connectivity index (χ1v) is 6.55. The summed E-state index contributed by atoms with van der Waals surface area (Å²) in [5.74, 6) is 0.556. The van der Waals surface area contributed by atoms with E-state index in [1.165, 1.54) is 13.2 Å². The number of hydrogen-bond donors (Lipinski definition) is 2. The Morgan fingerprint density at radius 2 is 2.14 bits per heavy atom. The van der Waals surface area contributed by atoms with Crippen LogP contribution in [0, 0.1) is 16.0 Å². The molecule has 0 atom stereocenters. The largest absolute Gasteiger partial charge is 0.763 e. The third-order valence-corrected chi connectivity index (χ3v) is 3.76. The zero-order valence-electron chi connectivity index (χ0n) is 11.5. The maximum atomic E-state index is 11.3. The van der Waals surface area contributed by atoms with Crippen molar-refractivity contribution in [2.45, 2.75) is 25.7 Å². The highest BCUT2D eigenvalue weighted by Crippen LogP contribution is 2.34. The Labute approximate surface area is 120 Å². The van der Waals surface area contributed by atoms with Gasteiger partial charge < -0.3 is 20.4 Å². The second-order valence-corrected chi connectivity index (χ2v) is 4.93. The lowest BCUT2D eigenvalue weighted by Crippen LogP contribution is -2.33. The molecule has 0 aromatic heterocycles. The Balaban J connectivity index is 2.93. The Bertz CT molecular complexity index is 716. The lowest BCUT2D eigenvalue weighted by Gasteiger charge is -2.10. The van der Waals surface area contributed by atoms with Crippen molar-refractivity contribution in [1.82, 2.24) is 0 Å². The Hall–Kier alpha value is -2.53. The molecule has 1 aromatic carbocycles. The molecule has 0 spiro atoms. The number of phenolic OH excluding ortho intramolecular Hbond substituents is 1. The number of rotatable bonds is 3. The van der Waals surface area contributed by atoms with Crippen molar-refractivity contribution in [2.24, 2.45) is 5.92 Å². The monoisotopic (exact) mass is 291 g/mol. The summed E-state index contributed by atoms with van der Waals surface area (Å²) in [7, 11) is 1.24. The van der Waals surface area contributed by atoms with Gasteiger partial charge in [0.2, 0.25) is 5.75 Å². The normalized spacial score (nSPS) is 16.4. The van der Waals surface area contributed by atoms with E-state index >= 15 is 0 Å². The highest BCUT2D eigenvalue weighted by Gasteiger charge is 2.27. The lowest BCUT2D eigenvalue weighted by atomic mass is 10.0. The van der Waals surface area contributed by atoms with Crippen LogP contribution in [0.1, 0.15) is 25.7 Å². The third-order valence-electron chi connectivity index (χ3n) is 3.76. The molecule has 0 aliphatic heterocycles. The van der Waals surface area contributed by atoms with Crippen molar-refractivity contribution >= 4 is 17.3 Å². The summed E-state index contributed by atoms with van der Waals surface area (Å²) < 4.78 is 4.84. The number of aliphatic hydroxyl groups excluding tert-OH is 1. The van der Waals surface area contributed by atoms with Crippen molar-refractivity contribution in [3.05, 3.63) is 32.0 Å². The van der Waals surface area contributed by atoms with Crippen LogP contribution in [0.25, 0.3) is 11.2 Å². The van der Waals surface area contributed by atoms with Crippen molar-refractivity contribution in [3.8, 4) is 11.5 Å². The summed E-state index contributed by atoms with van der Waals surface area (Å²) in [6.45, 7) is 0. The van der Waals surface area contributed by atoms with Gasteiger partial charge in [-0.05, 0) is 18.9 Å². The zero-order chi connectivity index (χ0) is 15.6. The lowest BCUT2D eigenvalue weighted by molar-refractivity contribution is -0.387. The first-order chi connectivity index (χ1) is 10.0. The van der Waals surface area contributed by atoms with Gasteiger partial charge >= 0.3 is 5.69 Å². The van der Waals surface area contributed by atoms with Crippen LogP contribution in [0.5, 0.6) is 11.5 Å². The van der Waals surface area contributed by atoms with E-state index in [0.717, 1.165) is 12.8 Å². The summed E-state index contributed by atoms with van der Waals surface area (Å²) in [5.41, 5.74) is -0.685. The van der Waals surface area contributed by atoms with Crippen molar-refractivity contribution in [2.75, 3.05) is 7.11 Å². The number of hydrogen-bond acceptors (Lipinski definition) is 5. The standard InChI is InChI=1S/C14H15N2O5/c1-21-10-6-9(7-15)11(12(14(10)18)16(19)20)13(17)8-4-2-3-5-8/h6,8,17-18H,2-5H2,1H3/q-1. The van der Waals surface area contributed by atoms with Gasteiger partial charge in [0.1, 0.15) is 11.0 Å². The summed E-state index contributed by atoms with van der Waals surface area (Å²) in [5, 5.41) is 40.5. The smallest absolute Gasteiger partial charge is 0.326 e. The number of nitro benzene ring substituents is 1. The molecular weight excluding hydrogens is 276 g/mol. The molecule has 0 radical (unpaired) electrons. The van der Waals surface area contributed by atoms with E-state index in [1.807, 2.05) is 5.87 Å². The summed E-state index contributed by atoms with van der Waals surface area (Å²) in [4.78, 5) is 10.4. The van der Waals surface area contributed by atoms with Gasteiger partial charge in [-0.25, -0.2) is 0 Å². The predicted octanol–water partition coefficient (Wildman–Crippen LogP) is 1.08. The molecule has 0 saturated heterocycles. The molecule has 0 amide bonds. The van der Waals surface area contributed by atoms with Gasteiger partial charge in [0, 0.05) is 11.1 Å². The third kappa shape index (κ3) is 2.55. The zero-order valence-corrected chi connectivity index (χ0v) is 11.5. The molecule has 112 valence electrons. The molecule has 1 fully saturated rings. The van der Waals surface area contributed by atoms with Gasteiger partial charge in [-0.2, -0.15) is 0 Å². The average Bonchev–Trinajstić information content (AvgIpc) is 2.99. The van der Waals surface area contributed by atoms with Gasteiger partial charge in [0.05, 0.1) is 12.0 Å². The topological polar surface area (TPSA) is 115 Å². The van der Waals surface area contributed by atoms with Gasteiger partial charge in [0.25, 0.3) is 0 Å². The average molecular weight is 291 g/mol. The molecular formula is C14H15N2O5-. The molecule has 7 nitrogen and oxygen atoms in total. The van der Waals surface area contributed by atoms with E-state index in [4.69, 9.17) is 4.74 Å². The van der Waals surface area contributed by atoms with E-state index in [0.29, 0.717) is 12.8 Å². The van der Waals surface area contributed by atoms with E-state index in [9.17, 15) is 25.7 Å². The highest BCUT2D eigenvalue weighted by molar-refractivity contribution is 5.67. The first kappa shape index (κ1) is 14.9. The Morgan fingerprint density at radius 3 is 2.62 bits per heavy atom. The number of ether oxygens (including phenoxy) is 1. The molecule has 1 aliphatic carbocycles. The van der Waals surface area contributed by atoms with Crippen LogP contribution in [0.2, 0.25) is 0 Å². The molecule has 1 saturated carbocycles. The number of phenols is 1. The molecule has 2 rings (SSSR count). The number of benzene rings is 1. The van der Waals surface area contributed by atoms with E-state index in [1.54, 1.807) is 0 Å². The fourth-order valence-corrected chi connectivity index (χ4v) is 2.72. The summed E-state index contributed by atoms with van der Waals surface area (Å²) in [6, 6.07) is 1.20. The summed E-state index contributed by atoms with van der Waals surface area (Å²) >= 11 is 0. The van der Waals surface area contributed by atoms with Gasteiger partial charge in [-0.15, -0.1) is 0 Å². The van der Waals surface area contributed by atoms with Crippen LogP contribution in [0.4, 0.5) is 5.69 Å². The maximum absolute atomic E-state index is 11.3. The van der Waals surface area contributed by atoms with Crippen LogP contribution in [0.15, 0.2) is 6.07 Å². The van der Waals surface area contributed by atoms with Crippen molar-refractivity contribution < 1.29 is 19.9 Å². The van der Waals surface area contributed by atoms with Crippen molar-refractivity contribution in [1.29, 1.82) is 0 Å². The van der Waals surface area contributed by atoms with Crippen LogP contribution in [-0.2, 0) is 0 Å². The predicted molar refractivity (Wildman–Crippen MR) is 76.0 cm³/mol. The minimum Gasteiger partial charge on any atom is -0.763 e. The SMILES string of the molecule is COc1cc(=C=[N-])c(=C(O)C2CCCC2)c([N+](=O)[O-])c1O. The number of aliphatic hydroxyl groups is 1. The Morgan fingerprint density at radius 1 is 1.52 bits per heavy atom. The van der Waals surface area contributed by atoms with E-state index < -0.39 is 16.4 Å². The number of nitrogens with zero attached hydrogens (tertiary/aromatic N) is 2. The molecule has 21 heavy (non-hydrogen) atoms. The molecule has 0 heterocycles. The Kier molecular flexibility index (Phi) is 4.14. The quantitative estimate of drug-likeness (QED) is 0.491. The van der Waals surface area contributed by atoms with Crippen LogP contribution in [-0.4, -0.2) is 28.1 Å². The summed E-state index contributed by atoms with van der Waals surface area (Å²) in [6.07, 6.45) is 3.26. The fraction of sp³-hybridized carbons (Fsp3) is 0.429. The van der Waals surface area contributed by atoms with Crippen LogP contribution in [0.3, 0.4) is 0 Å². The second-order valence-electron chi connectivity index (χ2n) is 4.93. The second kappa shape index (κ2) is 5.85. The molecule has 0 bridgehead atoms. The number of nitro groups is 1. The number of aromatic hydroxyl groups is 1.